The monoisotopic (exact) mass is 290 g/mol. The molecule has 0 N–H and O–H groups in total. The van der Waals surface area contributed by atoms with Gasteiger partial charge >= 0.3 is 0 Å². The molecule has 1 aliphatic rings. The summed E-state index contributed by atoms with van der Waals surface area (Å²) in [6, 6.07) is 5.85. The maximum Gasteiger partial charge on any atom is 0.163 e. The molecular formula is C18H26O3. The van der Waals surface area contributed by atoms with Crippen molar-refractivity contribution in [1.29, 1.82) is 0 Å². The second-order valence-electron chi connectivity index (χ2n) is 5.86. The molecule has 1 aliphatic heterocycles. The van der Waals surface area contributed by atoms with Crippen LogP contribution in [0.25, 0.3) is 0 Å². The molecule has 1 heterocycles. The summed E-state index contributed by atoms with van der Waals surface area (Å²) >= 11 is 0. The van der Waals surface area contributed by atoms with E-state index in [1.807, 2.05) is 25.1 Å². The van der Waals surface area contributed by atoms with Crippen LogP contribution < -0.4 is 4.74 Å². The zero-order valence-electron chi connectivity index (χ0n) is 13.2. The Labute approximate surface area is 127 Å². The van der Waals surface area contributed by atoms with E-state index in [1.165, 1.54) is 0 Å². The zero-order chi connectivity index (χ0) is 15.1. The molecule has 0 unspecified atom stereocenters. The topological polar surface area (TPSA) is 35.5 Å². The molecule has 3 heteroatoms. The van der Waals surface area contributed by atoms with Crippen molar-refractivity contribution in [2.24, 2.45) is 5.92 Å². The van der Waals surface area contributed by atoms with Crippen LogP contribution in [0.4, 0.5) is 0 Å². The lowest BCUT2D eigenvalue weighted by molar-refractivity contribution is 0.0600. The summed E-state index contributed by atoms with van der Waals surface area (Å²) in [5.41, 5.74) is 1.85. The minimum Gasteiger partial charge on any atom is -0.494 e. The highest BCUT2D eigenvalue weighted by Gasteiger charge is 2.19. The van der Waals surface area contributed by atoms with Crippen LogP contribution in [0.1, 0.15) is 54.9 Å². The van der Waals surface area contributed by atoms with Gasteiger partial charge in [-0.25, -0.2) is 0 Å². The molecule has 1 fully saturated rings. The number of benzene rings is 1. The third-order valence-electron chi connectivity index (χ3n) is 4.09. The molecule has 0 saturated carbocycles. The molecule has 0 bridgehead atoms. The van der Waals surface area contributed by atoms with Crippen molar-refractivity contribution >= 4 is 5.78 Å². The molecule has 1 aromatic rings. The number of carbonyl (C=O) groups excluding carboxylic acids is 1. The average Bonchev–Trinajstić information content (AvgIpc) is 2.50. The third kappa shape index (κ3) is 4.85. The second kappa shape index (κ2) is 8.18. The first kappa shape index (κ1) is 16.0. The van der Waals surface area contributed by atoms with Gasteiger partial charge in [-0.1, -0.05) is 19.4 Å². The molecule has 116 valence electrons. The van der Waals surface area contributed by atoms with E-state index in [4.69, 9.17) is 9.47 Å². The van der Waals surface area contributed by atoms with Crippen molar-refractivity contribution in [3.63, 3.8) is 0 Å². The van der Waals surface area contributed by atoms with Crippen LogP contribution in [0.2, 0.25) is 0 Å². The van der Waals surface area contributed by atoms with Gasteiger partial charge in [0.2, 0.25) is 0 Å². The lowest BCUT2D eigenvalue weighted by Gasteiger charge is -2.21. The zero-order valence-corrected chi connectivity index (χ0v) is 13.2. The highest BCUT2D eigenvalue weighted by atomic mass is 16.5. The van der Waals surface area contributed by atoms with Crippen molar-refractivity contribution in [2.45, 2.75) is 46.0 Å². The normalized spacial score (nSPS) is 15.9. The highest BCUT2D eigenvalue weighted by Crippen LogP contribution is 2.24. The molecule has 0 spiro atoms. The number of aryl methyl sites for hydroxylation is 1. The Hall–Kier alpha value is -1.35. The Morgan fingerprint density at radius 2 is 2.10 bits per heavy atom. The van der Waals surface area contributed by atoms with Crippen molar-refractivity contribution < 1.29 is 14.3 Å². The van der Waals surface area contributed by atoms with Crippen molar-refractivity contribution in [1.82, 2.24) is 0 Å². The van der Waals surface area contributed by atoms with Crippen molar-refractivity contribution in [2.75, 3.05) is 19.8 Å². The van der Waals surface area contributed by atoms with Crippen LogP contribution in [-0.4, -0.2) is 25.6 Å². The van der Waals surface area contributed by atoms with E-state index >= 15 is 0 Å². The molecular weight excluding hydrogens is 264 g/mol. The minimum absolute atomic E-state index is 0.236. The lowest BCUT2D eigenvalue weighted by atomic mass is 9.90. The summed E-state index contributed by atoms with van der Waals surface area (Å²) in [6.45, 7) is 6.43. The number of ether oxygens (including phenoxy) is 2. The number of Topliss-reactive ketones (excluding diaryl/α,β-unsaturated/α-hetero) is 1. The van der Waals surface area contributed by atoms with E-state index < -0.39 is 0 Å². The van der Waals surface area contributed by atoms with Crippen molar-refractivity contribution in [3.05, 3.63) is 29.3 Å². The molecule has 3 nitrogen and oxygen atoms in total. The average molecular weight is 290 g/mol. The summed E-state index contributed by atoms with van der Waals surface area (Å²) in [5.74, 6) is 1.51. The van der Waals surface area contributed by atoms with Gasteiger partial charge in [0.05, 0.1) is 6.61 Å². The van der Waals surface area contributed by atoms with Crippen LogP contribution in [0.5, 0.6) is 5.75 Å². The molecule has 0 amide bonds. The lowest BCUT2D eigenvalue weighted by Crippen LogP contribution is -2.19. The van der Waals surface area contributed by atoms with Crippen LogP contribution in [0.3, 0.4) is 0 Å². The molecule has 2 rings (SSSR count). The van der Waals surface area contributed by atoms with Gasteiger partial charge in [-0.15, -0.1) is 0 Å². The number of ketones is 1. The summed E-state index contributed by atoms with van der Waals surface area (Å²) < 4.78 is 11.1. The van der Waals surface area contributed by atoms with E-state index in [1.54, 1.807) is 0 Å². The van der Waals surface area contributed by atoms with Crippen molar-refractivity contribution in [3.8, 4) is 5.75 Å². The van der Waals surface area contributed by atoms with Crippen LogP contribution >= 0.6 is 0 Å². The maximum absolute atomic E-state index is 12.5. The summed E-state index contributed by atoms with van der Waals surface area (Å²) in [7, 11) is 0. The molecule has 1 saturated heterocycles. The van der Waals surface area contributed by atoms with Gasteiger partial charge in [-0.05, 0) is 49.8 Å². The van der Waals surface area contributed by atoms with E-state index in [0.717, 1.165) is 55.8 Å². The fraction of sp³-hybridized carbons (Fsp3) is 0.611. The fourth-order valence-corrected chi connectivity index (χ4v) is 2.65. The minimum atomic E-state index is 0.236. The summed E-state index contributed by atoms with van der Waals surface area (Å²) in [6.07, 6.45) is 4.78. The van der Waals surface area contributed by atoms with Gasteiger partial charge in [-0.2, -0.15) is 0 Å². The first-order valence-electron chi connectivity index (χ1n) is 8.05. The quantitative estimate of drug-likeness (QED) is 0.558. The summed E-state index contributed by atoms with van der Waals surface area (Å²) in [4.78, 5) is 12.5. The Kier molecular flexibility index (Phi) is 6.24. The summed E-state index contributed by atoms with van der Waals surface area (Å²) in [5, 5.41) is 0. The Bertz CT molecular complexity index is 462. The van der Waals surface area contributed by atoms with Gasteiger partial charge < -0.3 is 9.47 Å². The van der Waals surface area contributed by atoms with Crippen LogP contribution in [0.15, 0.2) is 18.2 Å². The standard InChI is InChI=1S/C18H26O3/c1-3-4-9-21-16-6-5-14(2)17(13-16)18(19)12-15-7-10-20-11-8-15/h5-6,13,15H,3-4,7-12H2,1-2H3. The predicted octanol–water partition coefficient (Wildman–Crippen LogP) is 4.17. The number of unbranched alkanes of at least 4 members (excludes halogenated alkanes) is 1. The number of hydrogen-bond donors (Lipinski definition) is 0. The fourth-order valence-electron chi connectivity index (χ4n) is 2.65. The van der Waals surface area contributed by atoms with E-state index in [2.05, 4.69) is 6.92 Å². The Morgan fingerprint density at radius 3 is 2.81 bits per heavy atom. The smallest absolute Gasteiger partial charge is 0.163 e. The van der Waals surface area contributed by atoms with Gasteiger partial charge in [0, 0.05) is 25.2 Å². The maximum atomic E-state index is 12.5. The first-order chi connectivity index (χ1) is 10.2. The van der Waals surface area contributed by atoms with E-state index in [9.17, 15) is 4.79 Å². The van der Waals surface area contributed by atoms with Crippen LogP contribution in [0, 0.1) is 12.8 Å². The molecule has 0 aliphatic carbocycles. The van der Waals surface area contributed by atoms with Gasteiger partial charge in [0.25, 0.3) is 0 Å². The highest BCUT2D eigenvalue weighted by molar-refractivity contribution is 5.97. The Morgan fingerprint density at radius 1 is 1.33 bits per heavy atom. The molecule has 0 atom stereocenters. The van der Waals surface area contributed by atoms with Crippen LogP contribution in [-0.2, 0) is 4.74 Å². The molecule has 0 radical (unpaired) electrons. The molecule has 1 aromatic carbocycles. The number of hydrogen-bond acceptors (Lipinski definition) is 3. The molecule has 21 heavy (non-hydrogen) atoms. The third-order valence-corrected chi connectivity index (χ3v) is 4.09. The number of carbonyl (C=O) groups is 1. The van der Waals surface area contributed by atoms with Gasteiger partial charge in [-0.3, -0.25) is 4.79 Å². The second-order valence-corrected chi connectivity index (χ2v) is 5.86. The van der Waals surface area contributed by atoms with Gasteiger partial charge in [0.15, 0.2) is 5.78 Å². The Balaban J connectivity index is 1.99. The van der Waals surface area contributed by atoms with Gasteiger partial charge in [0.1, 0.15) is 5.75 Å². The van der Waals surface area contributed by atoms with E-state index in [-0.39, 0.29) is 5.78 Å². The predicted molar refractivity (Wildman–Crippen MR) is 84.1 cm³/mol. The first-order valence-corrected chi connectivity index (χ1v) is 8.05. The number of rotatable bonds is 7. The van der Waals surface area contributed by atoms with E-state index in [0.29, 0.717) is 18.9 Å². The largest absolute Gasteiger partial charge is 0.494 e. The molecule has 0 aromatic heterocycles. The SMILES string of the molecule is CCCCOc1ccc(C)c(C(=O)CC2CCOCC2)c1.